The molecule has 8 nitrogen and oxygen atoms in total. The standard InChI is InChI=1S/C24H23FN6O2/c1-33-20-7-3-2-5-17(20)24(32)31-10-8-15(14-31)11-27-23-19(25)13-29-22(30-23)18-12-28-21-16(18)6-4-9-26-21/h2-7,9,12-13,15H,8,10-11,14H2,1H3,(H,26,28)(H,27,29,30)/t15-/m1/s1. The van der Waals surface area contributed by atoms with Crippen LogP contribution in [0.1, 0.15) is 16.8 Å². The molecule has 33 heavy (non-hydrogen) atoms. The van der Waals surface area contributed by atoms with Crippen LogP contribution in [0, 0.1) is 11.7 Å². The maximum atomic E-state index is 14.4. The maximum absolute atomic E-state index is 14.4. The quantitative estimate of drug-likeness (QED) is 0.468. The Morgan fingerprint density at radius 1 is 1.27 bits per heavy atom. The third-order valence-corrected chi connectivity index (χ3v) is 5.90. The predicted octanol–water partition coefficient (Wildman–Crippen LogP) is 3.74. The molecule has 1 saturated heterocycles. The van der Waals surface area contributed by atoms with Crippen molar-refractivity contribution in [3.63, 3.8) is 0 Å². The number of methoxy groups -OCH3 is 1. The molecule has 168 valence electrons. The van der Waals surface area contributed by atoms with Crippen molar-refractivity contribution < 1.29 is 13.9 Å². The Bertz CT molecular complexity index is 1310. The molecule has 5 rings (SSSR count). The molecular weight excluding hydrogens is 423 g/mol. The summed E-state index contributed by atoms with van der Waals surface area (Å²) in [5.74, 6) is 0.728. The smallest absolute Gasteiger partial charge is 0.257 e. The molecule has 4 aromatic rings. The highest BCUT2D eigenvalue weighted by Crippen LogP contribution is 2.27. The van der Waals surface area contributed by atoms with E-state index in [0.29, 0.717) is 36.8 Å². The van der Waals surface area contributed by atoms with E-state index in [9.17, 15) is 9.18 Å². The van der Waals surface area contributed by atoms with Crippen LogP contribution in [0.5, 0.6) is 5.75 Å². The molecule has 4 heterocycles. The SMILES string of the molecule is COc1ccccc1C(=O)N1CC[C@H](CNc2nc(-c3c[nH]c4ncccc34)ncc2F)C1. The van der Waals surface area contributed by atoms with Crippen molar-refractivity contribution in [2.75, 3.05) is 32.1 Å². The van der Waals surface area contributed by atoms with Crippen LogP contribution in [0.15, 0.2) is 55.0 Å². The summed E-state index contributed by atoms with van der Waals surface area (Å²) < 4.78 is 19.7. The molecule has 2 N–H and O–H groups in total. The summed E-state index contributed by atoms with van der Waals surface area (Å²) >= 11 is 0. The lowest BCUT2D eigenvalue weighted by Crippen LogP contribution is -2.30. The lowest BCUT2D eigenvalue weighted by Gasteiger charge is -2.18. The molecule has 9 heteroatoms. The van der Waals surface area contributed by atoms with Gasteiger partial charge in [-0.2, -0.15) is 0 Å². The number of para-hydroxylation sites is 1. The van der Waals surface area contributed by atoms with Gasteiger partial charge in [-0.05, 0) is 36.6 Å². The molecule has 1 aliphatic heterocycles. The second-order valence-corrected chi connectivity index (χ2v) is 7.98. The molecule has 1 amide bonds. The van der Waals surface area contributed by atoms with Crippen LogP contribution in [-0.2, 0) is 0 Å². The number of carbonyl (C=O) groups is 1. The Morgan fingerprint density at radius 3 is 3.03 bits per heavy atom. The molecule has 0 unspecified atom stereocenters. The first-order valence-electron chi connectivity index (χ1n) is 10.7. The molecular formula is C24H23FN6O2. The van der Waals surface area contributed by atoms with E-state index in [1.807, 2.05) is 29.2 Å². The molecule has 1 aliphatic rings. The molecule has 1 fully saturated rings. The molecule has 0 aliphatic carbocycles. The van der Waals surface area contributed by atoms with Crippen molar-refractivity contribution >= 4 is 22.8 Å². The maximum Gasteiger partial charge on any atom is 0.257 e. The van der Waals surface area contributed by atoms with E-state index in [-0.39, 0.29) is 17.6 Å². The first kappa shape index (κ1) is 20.9. The largest absolute Gasteiger partial charge is 0.496 e. The number of fused-ring (bicyclic) bond motifs is 1. The molecule has 0 radical (unpaired) electrons. The minimum Gasteiger partial charge on any atom is -0.496 e. The van der Waals surface area contributed by atoms with Gasteiger partial charge in [0.15, 0.2) is 17.5 Å². The highest BCUT2D eigenvalue weighted by molar-refractivity contribution is 5.97. The Morgan fingerprint density at radius 2 is 2.15 bits per heavy atom. The number of H-pyrrole nitrogens is 1. The van der Waals surface area contributed by atoms with E-state index in [0.717, 1.165) is 23.0 Å². The van der Waals surface area contributed by atoms with Crippen LogP contribution in [0.4, 0.5) is 10.2 Å². The van der Waals surface area contributed by atoms with Gasteiger partial charge in [-0.15, -0.1) is 0 Å². The van der Waals surface area contributed by atoms with Gasteiger partial charge in [-0.3, -0.25) is 4.79 Å². The molecule has 0 bridgehead atoms. The van der Waals surface area contributed by atoms with Crippen LogP contribution in [0.3, 0.4) is 0 Å². The molecule has 0 spiro atoms. The predicted molar refractivity (Wildman–Crippen MR) is 123 cm³/mol. The zero-order chi connectivity index (χ0) is 22.8. The Labute approximate surface area is 189 Å². The fourth-order valence-electron chi connectivity index (χ4n) is 4.18. The Kier molecular flexibility index (Phi) is 5.60. The number of pyridine rings is 1. The van der Waals surface area contributed by atoms with Crippen molar-refractivity contribution in [3.8, 4) is 17.1 Å². The zero-order valence-corrected chi connectivity index (χ0v) is 18.1. The van der Waals surface area contributed by atoms with Gasteiger partial charge in [-0.1, -0.05) is 12.1 Å². The summed E-state index contributed by atoms with van der Waals surface area (Å²) in [5.41, 5.74) is 2.03. The van der Waals surface area contributed by atoms with Gasteiger partial charge in [0.25, 0.3) is 5.91 Å². The van der Waals surface area contributed by atoms with Gasteiger partial charge < -0.3 is 19.9 Å². The van der Waals surface area contributed by atoms with Crippen molar-refractivity contribution in [1.82, 2.24) is 24.8 Å². The average molecular weight is 446 g/mol. The molecule has 0 saturated carbocycles. The highest BCUT2D eigenvalue weighted by atomic mass is 19.1. The number of amides is 1. The number of nitrogens with zero attached hydrogens (tertiary/aromatic N) is 4. The number of aromatic nitrogens is 4. The lowest BCUT2D eigenvalue weighted by molar-refractivity contribution is 0.0784. The normalized spacial score (nSPS) is 15.7. The minimum absolute atomic E-state index is 0.0570. The Balaban J connectivity index is 1.27. The van der Waals surface area contributed by atoms with Gasteiger partial charge in [0.2, 0.25) is 0 Å². The van der Waals surface area contributed by atoms with Crippen LogP contribution < -0.4 is 10.1 Å². The summed E-state index contributed by atoms with van der Waals surface area (Å²) in [6.45, 7) is 1.72. The van der Waals surface area contributed by atoms with E-state index >= 15 is 0 Å². The zero-order valence-electron chi connectivity index (χ0n) is 18.1. The number of anilines is 1. The molecule has 1 aromatic carbocycles. The third kappa shape index (κ3) is 4.09. The van der Waals surface area contributed by atoms with Crippen LogP contribution in [0.25, 0.3) is 22.4 Å². The second-order valence-electron chi connectivity index (χ2n) is 7.98. The van der Waals surface area contributed by atoms with Crippen molar-refractivity contribution in [3.05, 3.63) is 66.4 Å². The van der Waals surface area contributed by atoms with E-state index in [4.69, 9.17) is 4.74 Å². The van der Waals surface area contributed by atoms with Crippen LogP contribution >= 0.6 is 0 Å². The number of hydrogen-bond acceptors (Lipinski definition) is 6. The molecule has 3 aromatic heterocycles. The van der Waals surface area contributed by atoms with Gasteiger partial charge in [0.05, 0.1) is 18.9 Å². The van der Waals surface area contributed by atoms with Gasteiger partial charge in [0.1, 0.15) is 11.4 Å². The Hall–Kier alpha value is -4.01. The van der Waals surface area contributed by atoms with Gasteiger partial charge in [0, 0.05) is 43.0 Å². The monoisotopic (exact) mass is 446 g/mol. The van der Waals surface area contributed by atoms with Crippen molar-refractivity contribution in [1.29, 1.82) is 0 Å². The number of carbonyl (C=O) groups excluding carboxylic acids is 1. The third-order valence-electron chi connectivity index (χ3n) is 5.90. The minimum atomic E-state index is -0.517. The fourth-order valence-corrected chi connectivity index (χ4v) is 4.18. The first-order chi connectivity index (χ1) is 16.1. The summed E-state index contributed by atoms with van der Waals surface area (Å²) in [5, 5.41) is 3.98. The number of likely N-dealkylation sites (tertiary alicyclic amines) is 1. The topological polar surface area (TPSA) is 96.0 Å². The second kappa shape index (κ2) is 8.85. The number of halogens is 1. The number of hydrogen-bond donors (Lipinski definition) is 2. The van der Waals surface area contributed by atoms with E-state index < -0.39 is 5.82 Å². The number of benzene rings is 1. The average Bonchev–Trinajstić information content (AvgIpc) is 3.50. The number of nitrogens with one attached hydrogen (secondary N) is 2. The van der Waals surface area contributed by atoms with Gasteiger partial charge >= 0.3 is 0 Å². The van der Waals surface area contributed by atoms with E-state index in [2.05, 4.69) is 25.3 Å². The number of aromatic amines is 1. The number of ether oxygens (including phenoxy) is 1. The van der Waals surface area contributed by atoms with Gasteiger partial charge in [-0.25, -0.2) is 19.3 Å². The fraction of sp³-hybridized carbons (Fsp3) is 0.250. The van der Waals surface area contributed by atoms with Crippen LogP contribution in [-0.4, -0.2) is 57.5 Å². The summed E-state index contributed by atoms with van der Waals surface area (Å²) in [7, 11) is 1.56. The van der Waals surface area contributed by atoms with Crippen molar-refractivity contribution in [2.24, 2.45) is 5.92 Å². The summed E-state index contributed by atoms with van der Waals surface area (Å²) in [6, 6.07) is 11.0. The molecule has 1 atom stereocenters. The number of rotatable bonds is 6. The summed E-state index contributed by atoms with van der Waals surface area (Å²) in [6.07, 6.45) is 5.46. The van der Waals surface area contributed by atoms with E-state index in [1.54, 1.807) is 31.6 Å². The van der Waals surface area contributed by atoms with Crippen molar-refractivity contribution in [2.45, 2.75) is 6.42 Å². The highest BCUT2D eigenvalue weighted by Gasteiger charge is 2.28. The van der Waals surface area contributed by atoms with E-state index in [1.165, 1.54) is 6.20 Å². The lowest BCUT2D eigenvalue weighted by atomic mass is 10.1. The van der Waals surface area contributed by atoms with Crippen LogP contribution in [0.2, 0.25) is 0 Å². The summed E-state index contributed by atoms with van der Waals surface area (Å²) in [4.78, 5) is 30.6. The first-order valence-corrected chi connectivity index (χ1v) is 10.7.